The van der Waals surface area contributed by atoms with Crippen LogP contribution in [0.25, 0.3) is 5.69 Å². The molecule has 1 aromatic carbocycles. The van der Waals surface area contributed by atoms with Crippen LogP contribution >= 0.6 is 0 Å². The minimum atomic E-state index is -4.41. The molecule has 3 aromatic rings. The summed E-state index contributed by atoms with van der Waals surface area (Å²) in [5.74, 6) is -0.286. The molecule has 144 valence electrons. The van der Waals surface area contributed by atoms with Crippen LogP contribution in [0, 0.1) is 0 Å². The molecule has 0 fully saturated rings. The van der Waals surface area contributed by atoms with Crippen LogP contribution in [0.3, 0.4) is 0 Å². The third-order valence-corrected chi connectivity index (χ3v) is 4.59. The molecule has 0 unspecified atom stereocenters. The van der Waals surface area contributed by atoms with Gasteiger partial charge in [0.1, 0.15) is 0 Å². The van der Waals surface area contributed by atoms with Gasteiger partial charge in [0.2, 0.25) is 0 Å². The second kappa shape index (κ2) is 6.63. The Morgan fingerprint density at radius 2 is 1.93 bits per heavy atom. The molecule has 0 saturated heterocycles. The van der Waals surface area contributed by atoms with Crippen molar-refractivity contribution >= 4 is 5.91 Å². The Balaban J connectivity index is 1.53. The van der Waals surface area contributed by atoms with Crippen molar-refractivity contribution in [3.8, 4) is 5.69 Å². The van der Waals surface area contributed by atoms with E-state index in [4.69, 9.17) is 0 Å². The summed E-state index contributed by atoms with van der Waals surface area (Å²) in [6, 6.07) is 4.50. The van der Waals surface area contributed by atoms with Gasteiger partial charge in [-0.25, -0.2) is 9.67 Å². The second-order valence-corrected chi connectivity index (χ2v) is 6.35. The third kappa shape index (κ3) is 3.28. The predicted molar refractivity (Wildman–Crippen MR) is 91.9 cm³/mol. The molecule has 0 saturated carbocycles. The lowest BCUT2D eigenvalue weighted by Crippen LogP contribution is -2.38. The van der Waals surface area contributed by atoms with Crippen LogP contribution in [0.1, 0.15) is 27.2 Å². The molecule has 2 aromatic heterocycles. The highest BCUT2D eigenvalue weighted by atomic mass is 19.4. The first kappa shape index (κ1) is 18.0. The number of H-pyrrole nitrogens is 1. The quantitative estimate of drug-likeness (QED) is 0.728. The molecule has 1 aliphatic heterocycles. The molecule has 1 N–H and O–H groups in total. The highest BCUT2D eigenvalue weighted by Gasteiger charge is 2.30. The van der Waals surface area contributed by atoms with E-state index in [1.807, 2.05) is 0 Å². The number of carbonyl (C=O) groups excluding carboxylic acids is 1. The molecule has 0 bridgehead atoms. The van der Waals surface area contributed by atoms with Crippen molar-refractivity contribution in [2.24, 2.45) is 0 Å². The Morgan fingerprint density at radius 1 is 1.18 bits per heavy atom. The van der Waals surface area contributed by atoms with E-state index in [0.29, 0.717) is 35.5 Å². The predicted octanol–water partition coefficient (Wildman–Crippen LogP) is 2.17. The van der Waals surface area contributed by atoms with Gasteiger partial charge >= 0.3 is 6.18 Å². The summed E-state index contributed by atoms with van der Waals surface area (Å²) in [7, 11) is 0. The number of halogens is 3. The minimum absolute atomic E-state index is 0.202. The molecule has 0 atom stereocenters. The standard InChI is InChI=1S/C18H14F3N5O2/c19-18(20,21)12-1-3-13(4-2-12)26-8-11(7-24-26)17(28)25-6-5-14-15(9-25)22-10-23-16(14)27/h1-4,7-8,10H,5-6,9H2,(H,22,23,27). The van der Waals surface area contributed by atoms with Gasteiger partial charge in [-0.3, -0.25) is 9.59 Å². The number of alkyl halides is 3. The monoisotopic (exact) mass is 389 g/mol. The van der Waals surface area contributed by atoms with Crippen molar-refractivity contribution in [2.45, 2.75) is 19.1 Å². The van der Waals surface area contributed by atoms with Crippen LogP contribution in [0.2, 0.25) is 0 Å². The van der Waals surface area contributed by atoms with Crippen molar-refractivity contribution in [1.29, 1.82) is 0 Å². The third-order valence-electron chi connectivity index (χ3n) is 4.59. The van der Waals surface area contributed by atoms with Gasteiger partial charge in [0, 0.05) is 18.3 Å². The van der Waals surface area contributed by atoms with Crippen LogP contribution in [-0.4, -0.2) is 37.1 Å². The number of carbonyl (C=O) groups is 1. The number of aromatic amines is 1. The van der Waals surface area contributed by atoms with E-state index in [1.165, 1.54) is 35.5 Å². The lowest BCUT2D eigenvalue weighted by Gasteiger charge is -2.26. The van der Waals surface area contributed by atoms with Crippen molar-refractivity contribution < 1.29 is 18.0 Å². The second-order valence-electron chi connectivity index (χ2n) is 6.35. The van der Waals surface area contributed by atoms with Crippen LogP contribution in [0.4, 0.5) is 13.2 Å². The number of hydrogen-bond donors (Lipinski definition) is 1. The maximum atomic E-state index is 12.7. The Kier molecular flexibility index (Phi) is 4.25. The van der Waals surface area contributed by atoms with Crippen LogP contribution in [0.5, 0.6) is 0 Å². The number of nitrogens with zero attached hydrogens (tertiary/aromatic N) is 4. The summed E-state index contributed by atoms with van der Waals surface area (Å²) < 4.78 is 39.3. The summed E-state index contributed by atoms with van der Waals surface area (Å²) in [5.41, 5.74) is 0.879. The molecule has 3 heterocycles. The number of rotatable bonds is 2. The van der Waals surface area contributed by atoms with Crippen molar-refractivity contribution in [1.82, 2.24) is 24.6 Å². The summed E-state index contributed by atoms with van der Waals surface area (Å²) in [5, 5.41) is 4.07. The zero-order chi connectivity index (χ0) is 19.9. The number of amides is 1. The van der Waals surface area contributed by atoms with Crippen molar-refractivity contribution in [2.75, 3.05) is 6.54 Å². The van der Waals surface area contributed by atoms with E-state index in [2.05, 4.69) is 15.1 Å². The molecular formula is C18H14F3N5O2. The number of benzene rings is 1. The first-order valence-electron chi connectivity index (χ1n) is 8.40. The topological polar surface area (TPSA) is 83.9 Å². The van der Waals surface area contributed by atoms with Gasteiger partial charge in [-0.15, -0.1) is 0 Å². The maximum Gasteiger partial charge on any atom is 0.416 e. The molecular weight excluding hydrogens is 375 g/mol. The molecule has 0 radical (unpaired) electrons. The average molecular weight is 389 g/mol. The number of hydrogen-bond acceptors (Lipinski definition) is 4. The molecule has 0 spiro atoms. The van der Waals surface area contributed by atoms with Crippen LogP contribution < -0.4 is 5.56 Å². The molecule has 1 amide bonds. The lowest BCUT2D eigenvalue weighted by molar-refractivity contribution is -0.137. The Hall–Kier alpha value is -3.43. The number of nitrogens with one attached hydrogen (secondary N) is 1. The zero-order valence-electron chi connectivity index (χ0n) is 14.4. The fourth-order valence-electron chi connectivity index (χ4n) is 3.10. The highest BCUT2D eigenvalue weighted by molar-refractivity contribution is 5.94. The van der Waals surface area contributed by atoms with Crippen molar-refractivity contribution in [3.05, 3.63) is 75.7 Å². The first-order valence-corrected chi connectivity index (χ1v) is 8.40. The largest absolute Gasteiger partial charge is 0.416 e. The molecule has 4 rings (SSSR count). The van der Waals surface area contributed by atoms with E-state index >= 15 is 0 Å². The SMILES string of the molecule is O=C(c1cnn(-c2ccc(C(F)(F)F)cc2)c1)N1CCc2c(nc[nH]c2=O)C1. The summed E-state index contributed by atoms with van der Waals surface area (Å²) in [6.45, 7) is 0.579. The van der Waals surface area contributed by atoms with Gasteiger partial charge in [-0.05, 0) is 30.7 Å². The van der Waals surface area contributed by atoms with Gasteiger partial charge in [0.05, 0.1) is 41.6 Å². The maximum absolute atomic E-state index is 12.7. The van der Waals surface area contributed by atoms with E-state index in [-0.39, 0.29) is 18.0 Å². The van der Waals surface area contributed by atoms with Gasteiger partial charge in [0.25, 0.3) is 11.5 Å². The summed E-state index contributed by atoms with van der Waals surface area (Å²) in [4.78, 5) is 32.7. The van der Waals surface area contributed by atoms with Gasteiger partial charge in [-0.2, -0.15) is 18.3 Å². The lowest BCUT2D eigenvalue weighted by atomic mass is 10.1. The zero-order valence-corrected chi connectivity index (χ0v) is 14.4. The molecule has 1 aliphatic rings. The van der Waals surface area contributed by atoms with Crippen molar-refractivity contribution in [3.63, 3.8) is 0 Å². The highest BCUT2D eigenvalue weighted by Crippen LogP contribution is 2.29. The molecule has 7 nitrogen and oxygen atoms in total. The van der Waals surface area contributed by atoms with E-state index in [1.54, 1.807) is 4.90 Å². The van der Waals surface area contributed by atoms with E-state index < -0.39 is 11.7 Å². The fourth-order valence-corrected chi connectivity index (χ4v) is 3.10. The minimum Gasteiger partial charge on any atom is -0.332 e. The molecule has 10 heteroatoms. The van der Waals surface area contributed by atoms with Gasteiger partial charge in [0.15, 0.2) is 0 Å². The Labute approximate surface area is 156 Å². The van der Waals surface area contributed by atoms with Gasteiger partial charge in [-0.1, -0.05) is 0 Å². The van der Waals surface area contributed by atoms with E-state index in [0.717, 1.165) is 12.1 Å². The van der Waals surface area contributed by atoms with E-state index in [9.17, 15) is 22.8 Å². The fraction of sp³-hybridized carbons (Fsp3) is 0.222. The smallest absolute Gasteiger partial charge is 0.332 e. The number of fused-ring (bicyclic) bond motifs is 1. The molecule has 0 aliphatic carbocycles. The summed E-state index contributed by atoms with van der Waals surface area (Å²) in [6.07, 6.45) is 0.117. The van der Waals surface area contributed by atoms with Crippen LogP contribution in [-0.2, 0) is 19.1 Å². The van der Waals surface area contributed by atoms with Gasteiger partial charge < -0.3 is 9.88 Å². The first-order chi connectivity index (χ1) is 13.3. The Bertz CT molecular complexity index is 1090. The molecule has 28 heavy (non-hydrogen) atoms. The van der Waals surface area contributed by atoms with Crippen LogP contribution in [0.15, 0.2) is 47.8 Å². The number of aromatic nitrogens is 4. The summed E-state index contributed by atoms with van der Waals surface area (Å²) >= 11 is 0. The average Bonchev–Trinajstić information content (AvgIpc) is 3.17. The Morgan fingerprint density at radius 3 is 2.64 bits per heavy atom. The normalized spacial score (nSPS) is 14.0.